The Morgan fingerprint density at radius 1 is 1.17 bits per heavy atom. The van der Waals surface area contributed by atoms with E-state index in [1.165, 1.54) is 36.1 Å². The molecule has 3 aromatic rings. The predicted octanol–water partition coefficient (Wildman–Crippen LogP) is 3.33. The van der Waals surface area contributed by atoms with Gasteiger partial charge in [-0.15, -0.1) is 0 Å². The van der Waals surface area contributed by atoms with Crippen LogP contribution in [0.4, 0.5) is 9.18 Å². The molecule has 4 rings (SSSR count). The number of likely N-dealkylation sites (tertiary alicyclic amines) is 1. The molecule has 0 saturated carbocycles. The number of hydrogen-bond donors (Lipinski definition) is 4. The van der Waals surface area contributed by atoms with Gasteiger partial charge in [0.15, 0.2) is 14.2 Å². The summed E-state index contributed by atoms with van der Waals surface area (Å²) in [5.74, 6) is -1.44. The monoisotopic (exact) mass is 606 g/mol. The van der Waals surface area contributed by atoms with E-state index in [1.54, 1.807) is 22.9 Å². The normalized spacial score (nSPS) is 14.9. The summed E-state index contributed by atoms with van der Waals surface area (Å²) >= 11 is 5.82. The van der Waals surface area contributed by atoms with Crippen LogP contribution in [0.2, 0.25) is 5.02 Å². The molecule has 1 unspecified atom stereocenters. The first kappa shape index (κ1) is 30.4. The zero-order valence-corrected chi connectivity index (χ0v) is 23.8. The molecule has 1 atom stereocenters. The third kappa shape index (κ3) is 7.39. The number of hydrogen-bond acceptors (Lipinski definition) is 7. The van der Waals surface area contributed by atoms with Crippen LogP contribution in [0.1, 0.15) is 35.7 Å². The van der Waals surface area contributed by atoms with Gasteiger partial charge >= 0.3 is 6.09 Å². The number of fused-ring (bicyclic) bond motifs is 1. The van der Waals surface area contributed by atoms with Crippen molar-refractivity contribution in [2.24, 2.45) is 0 Å². The lowest BCUT2D eigenvalue weighted by atomic mass is 10.1. The van der Waals surface area contributed by atoms with Crippen LogP contribution in [0.25, 0.3) is 10.9 Å². The third-order valence-electron chi connectivity index (χ3n) is 6.69. The largest absolute Gasteiger partial charge is 0.412 e. The second-order valence-corrected chi connectivity index (χ2v) is 11.1. The second-order valence-electron chi connectivity index (χ2n) is 9.49. The number of carbonyl (C=O) groups excluding carboxylic acids is 4. The van der Waals surface area contributed by atoms with Gasteiger partial charge in [-0.25, -0.2) is 9.18 Å². The molecule has 1 fully saturated rings. The molecule has 0 bridgehead atoms. The first-order valence-corrected chi connectivity index (χ1v) is 14.6. The molecule has 2 heterocycles. The van der Waals surface area contributed by atoms with Gasteiger partial charge in [0.25, 0.3) is 0 Å². The lowest BCUT2D eigenvalue weighted by Crippen LogP contribution is -2.46. The van der Waals surface area contributed by atoms with E-state index in [4.69, 9.17) is 26.1 Å². The fourth-order valence-corrected chi connectivity index (χ4v) is 5.21. The summed E-state index contributed by atoms with van der Waals surface area (Å²) in [6.45, 7) is 1.52. The number of carbonyl (C=O) groups is 4. The van der Waals surface area contributed by atoms with Gasteiger partial charge in [0.1, 0.15) is 24.2 Å². The molecule has 218 valence electrons. The Hall–Kier alpha value is -3.57. The third-order valence-corrected chi connectivity index (χ3v) is 7.61. The van der Waals surface area contributed by atoms with E-state index in [9.17, 15) is 23.6 Å². The molecule has 0 radical (unpaired) electrons. The van der Waals surface area contributed by atoms with Crippen LogP contribution in [0.3, 0.4) is 0 Å². The Labute approximate surface area is 241 Å². The zero-order valence-electron chi connectivity index (χ0n) is 22.1. The zero-order chi connectivity index (χ0) is 29.7. The fraction of sp³-hybridized carbons (Fsp3) is 0.333. The Kier molecular flexibility index (Phi) is 9.93. The number of nitrogens with zero attached hydrogens (tertiary/aromatic N) is 2. The average Bonchev–Trinajstić information content (AvgIpc) is 3.55. The molecular weight excluding hydrogens is 578 g/mol. The van der Waals surface area contributed by atoms with Crippen molar-refractivity contribution in [2.45, 2.75) is 38.9 Å². The molecule has 0 aliphatic carbocycles. The van der Waals surface area contributed by atoms with E-state index >= 15 is 0 Å². The molecule has 4 N–H and O–H groups in total. The average molecular weight is 607 g/mol. The van der Waals surface area contributed by atoms with Crippen molar-refractivity contribution in [3.63, 3.8) is 0 Å². The molecule has 2 aromatic carbocycles. The standard InChI is InChI=1S/C27H29ClFN4O7P/c1-16(34)20-14-32(23-12-18(7-8-19(20)23)40-27(37)30-9-11-41(38)39)15-24(35)33-10-3-6-22(33)26(36)31-13-17-4-2-5-21(28)25(17)29/h2,4-5,7-8,12,14,22,38-39H,3,6,9-11,13,15H2,1H3,(H,30,37)(H,31,36). The van der Waals surface area contributed by atoms with Crippen LogP contribution in [-0.2, 0) is 22.7 Å². The van der Waals surface area contributed by atoms with Crippen LogP contribution in [0.15, 0.2) is 42.6 Å². The summed E-state index contributed by atoms with van der Waals surface area (Å²) in [5.41, 5.74) is 1.08. The van der Waals surface area contributed by atoms with Crippen molar-refractivity contribution in [1.82, 2.24) is 20.1 Å². The number of ether oxygens (including phenoxy) is 1. The topological polar surface area (TPSA) is 150 Å². The Morgan fingerprint density at radius 3 is 2.68 bits per heavy atom. The maximum Gasteiger partial charge on any atom is 0.412 e. The van der Waals surface area contributed by atoms with Gasteiger partial charge in [0, 0.05) is 54.6 Å². The van der Waals surface area contributed by atoms with Gasteiger partial charge < -0.3 is 34.6 Å². The summed E-state index contributed by atoms with van der Waals surface area (Å²) in [7, 11) is -2.14. The summed E-state index contributed by atoms with van der Waals surface area (Å²) in [5, 5.41) is 5.61. The summed E-state index contributed by atoms with van der Waals surface area (Å²) in [6.07, 6.45) is 1.80. The number of amides is 3. The molecule has 3 amide bonds. The lowest BCUT2D eigenvalue weighted by Gasteiger charge is -2.24. The number of benzene rings is 2. The van der Waals surface area contributed by atoms with Crippen LogP contribution < -0.4 is 15.4 Å². The van der Waals surface area contributed by atoms with Crippen LogP contribution in [0, 0.1) is 5.82 Å². The van der Waals surface area contributed by atoms with Crippen molar-refractivity contribution in [2.75, 3.05) is 19.3 Å². The smallest absolute Gasteiger partial charge is 0.410 e. The first-order chi connectivity index (χ1) is 19.5. The minimum absolute atomic E-state index is 0.0105. The Morgan fingerprint density at radius 2 is 1.95 bits per heavy atom. The maximum absolute atomic E-state index is 14.2. The molecule has 0 spiro atoms. The van der Waals surface area contributed by atoms with Gasteiger partial charge in [0.05, 0.1) is 10.5 Å². The molecular formula is C27H29ClFN4O7P. The SMILES string of the molecule is CC(=O)c1cn(CC(=O)N2CCCC2C(=O)NCc2cccc(Cl)c2F)c2cc(OC(=O)NCCP(O)O)ccc12. The second kappa shape index (κ2) is 13.4. The number of aromatic nitrogens is 1. The Balaban J connectivity index is 1.48. The van der Waals surface area contributed by atoms with Crippen molar-refractivity contribution in [1.29, 1.82) is 0 Å². The number of ketones is 1. The number of Topliss-reactive ketones (excluding diaryl/α,β-unsaturated/α-hetero) is 1. The van der Waals surface area contributed by atoms with Crippen molar-refractivity contribution < 1.29 is 38.1 Å². The number of halogens is 2. The minimum atomic E-state index is -2.14. The van der Waals surface area contributed by atoms with Crippen molar-refractivity contribution in [3.8, 4) is 5.75 Å². The maximum atomic E-state index is 14.2. The molecule has 1 saturated heterocycles. The first-order valence-electron chi connectivity index (χ1n) is 12.8. The quantitative estimate of drug-likeness (QED) is 0.204. The van der Waals surface area contributed by atoms with E-state index < -0.39 is 32.2 Å². The molecule has 1 aliphatic heterocycles. The van der Waals surface area contributed by atoms with Crippen molar-refractivity contribution >= 4 is 54.6 Å². The summed E-state index contributed by atoms with van der Waals surface area (Å²) in [4.78, 5) is 70.1. The van der Waals surface area contributed by atoms with Gasteiger partial charge in [-0.05, 0) is 38.0 Å². The van der Waals surface area contributed by atoms with Crippen LogP contribution in [0.5, 0.6) is 5.75 Å². The molecule has 1 aromatic heterocycles. The van der Waals surface area contributed by atoms with E-state index in [-0.39, 0.29) is 53.8 Å². The minimum Gasteiger partial charge on any atom is -0.410 e. The Bertz CT molecular complexity index is 1480. The molecule has 41 heavy (non-hydrogen) atoms. The van der Waals surface area contributed by atoms with E-state index in [0.29, 0.717) is 35.9 Å². The van der Waals surface area contributed by atoms with Gasteiger partial charge in [-0.3, -0.25) is 14.4 Å². The van der Waals surface area contributed by atoms with Crippen LogP contribution >= 0.6 is 20.0 Å². The lowest BCUT2D eigenvalue weighted by molar-refractivity contribution is -0.138. The highest BCUT2D eigenvalue weighted by Gasteiger charge is 2.34. The van der Waals surface area contributed by atoms with E-state index in [1.807, 2.05) is 0 Å². The highest BCUT2D eigenvalue weighted by Crippen LogP contribution is 2.28. The fourth-order valence-electron chi connectivity index (χ4n) is 4.71. The number of nitrogens with one attached hydrogen (secondary N) is 2. The van der Waals surface area contributed by atoms with Gasteiger partial charge in [-0.2, -0.15) is 0 Å². The van der Waals surface area contributed by atoms with Gasteiger partial charge in [0.2, 0.25) is 11.8 Å². The number of rotatable bonds is 10. The van der Waals surface area contributed by atoms with Crippen LogP contribution in [-0.4, -0.2) is 68.2 Å². The van der Waals surface area contributed by atoms with E-state index in [2.05, 4.69) is 10.6 Å². The highest BCUT2D eigenvalue weighted by molar-refractivity contribution is 7.45. The molecule has 1 aliphatic rings. The van der Waals surface area contributed by atoms with Gasteiger partial charge in [-0.1, -0.05) is 23.7 Å². The summed E-state index contributed by atoms with van der Waals surface area (Å²) in [6, 6.07) is 8.42. The highest BCUT2D eigenvalue weighted by atomic mass is 35.5. The van der Waals surface area contributed by atoms with Crippen molar-refractivity contribution in [3.05, 3.63) is 64.6 Å². The summed E-state index contributed by atoms with van der Waals surface area (Å²) < 4.78 is 21.1. The molecule has 11 nitrogen and oxygen atoms in total. The predicted molar refractivity (Wildman–Crippen MR) is 150 cm³/mol. The molecule has 14 heteroatoms. The van der Waals surface area contributed by atoms with E-state index in [0.717, 1.165) is 0 Å².